The zero-order chi connectivity index (χ0) is 22.3. The van der Waals surface area contributed by atoms with Gasteiger partial charge in [-0.15, -0.1) is 0 Å². The van der Waals surface area contributed by atoms with Crippen LogP contribution in [0.4, 0.5) is 0 Å². The smallest absolute Gasteiger partial charge is 0.306 e. The Kier molecular flexibility index (Phi) is 6.08. The minimum atomic E-state index is -0.678. The molecule has 1 saturated heterocycles. The molecule has 1 N–H and O–H groups in total. The molecule has 1 heterocycles. The Bertz CT molecular complexity index is 858. The number of hydrogen-bond acceptors (Lipinski definition) is 3. The van der Waals surface area contributed by atoms with Gasteiger partial charge in [-0.3, -0.25) is 4.79 Å². The SMILES string of the molecule is C=C(N(C)/C=C(\C)c1ccc2c(c1)C(C)(C)CCC2(C)C)N1CCC(C(=O)O)CC1. The third-order valence-corrected chi connectivity index (χ3v) is 7.31. The largest absolute Gasteiger partial charge is 0.481 e. The van der Waals surface area contributed by atoms with Crippen molar-refractivity contribution in [3.05, 3.63) is 53.5 Å². The highest BCUT2D eigenvalue weighted by molar-refractivity contribution is 5.70. The van der Waals surface area contributed by atoms with E-state index in [0.29, 0.717) is 12.8 Å². The number of nitrogens with zero attached hydrogens (tertiary/aromatic N) is 2. The van der Waals surface area contributed by atoms with Crippen LogP contribution in [-0.4, -0.2) is 41.0 Å². The predicted octanol–water partition coefficient (Wildman–Crippen LogP) is 5.60. The molecule has 1 aliphatic carbocycles. The topological polar surface area (TPSA) is 43.8 Å². The van der Waals surface area contributed by atoms with E-state index in [0.717, 1.165) is 18.9 Å². The molecule has 1 aromatic rings. The number of aliphatic carboxylic acids is 1. The Hall–Kier alpha value is -2.23. The van der Waals surface area contributed by atoms with Crippen LogP contribution in [0.25, 0.3) is 5.57 Å². The monoisotopic (exact) mass is 410 g/mol. The van der Waals surface area contributed by atoms with Crippen molar-refractivity contribution in [2.45, 2.75) is 71.1 Å². The summed E-state index contributed by atoms with van der Waals surface area (Å²) in [5.41, 5.74) is 5.85. The first-order valence-electron chi connectivity index (χ1n) is 11.2. The third kappa shape index (κ3) is 4.43. The van der Waals surface area contributed by atoms with Crippen molar-refractivity contribution < 1.29 is 9.90 Å². The maximum atomic E-state index is 11.2. The summed E-state index contributed by atoms with van der Waals surface area (Å²) in [6, 6.07) is 6.97. The molecule has 4 nitrogen and oxygen atoms in total. The highest BCUT2D eigenvalue weighted by Gasteiger charge is 2.37. The van der Waals surface area contributed by atoms with E-state index in [1.165, 1.54) is 35.1 Å². The second-order valence-corrected chi connectivity index (χ2v) is 10.5. The average molecular weight is 411 g/mol. The van der Waals surface area contributed by atoms with E-state index in [1.807, 2.05) is 7.05 Å². The van der Waals surface area contributed by atoms with Crippen LogP contribution in [0.1, 0.15) is 77.0 Å². The first-order valence-corrected chi connectivity index (χ1v) is 11.2. The van der Waals surface area contributed by atoms with Gasteiger partial charge in [-0.1, -0.05) is 52.5 Å². The maximum Gasteiger partial charge on any atom is 0.306 e. The molecular formula is C26H38N2O2. The number of carbonyl (C=O) groups is 1. The van der Waals surface area contributed by atoms with Crippen LogP contribution in [0, 0.1) is 5.92 Å². The summed E-state index contributed by atoms with van der Waals surface area (Å²) in [7, 11) is 2.03. The van der Waals surface area contributed by atoms with E-state index in [1.54, 1.807) is 0 Å². The van der Waals surface area contributed by atoms with Gasteiger partial charge in [0.1, 0.15) is 5.82 Å². The lowest BCUT2D eigenvalue weighted by molar-refractivity contribution is -0.143. The Labute approximate surface area is 182 Å². The van der Waals surface area contributed by atoms with Crippen LogP contribution in [0.15, 0.2) is 36.8 Å². The first kappa shape index (κ1) is 22.5. The molecule has 30 heavy (non-hydrogen) atoms. The molecule has 0 aromatic heterocycles. The van der Waals surface area contributed by atoms with Crippen LogP contribution in [0.5, 0.6) is 0 Å². The molecule has 0 amide bonds. The van der Waals surface area contributed by atoms with Crippen molar-refractivity contribution in [3.63, 3.8) is 0 Å². The number of carboxylic acid groups (broad SMARTS) is 1. The summed E-state index contributed by atoms with van der Waals surface area (Å²) in [5.74, 6) is 0.0280. The van der Waals surface area contributed by atoms with Gasteiger partial charge in [0.25, 0.3) is 0 Å². The molecule has 2 aliphatic rings. The molecule has 0 radical (unpaired) electrons. The summed E-state index contributed by atoms with van der Waals surface area (Å²) < 4.78 is 0. The molecule has 0 spiro atoms. The Morgan fingerprint density at radius 2 is 1.70 bits per heavy atom. The highest BCUT2D eigenvalue weighted by atomic mass is 16.4. The van der Waals surface area contributed by atoms with Crippen molar-refractivity contribution in [1.82, 2.24) is 9.80 Å². The van der Waals surface area contributed by atoms with Crippen LogP contribution >= 0.6 is 0 Å². The number of carboxylic acids is 1. The zero-order valence-corrected chi connectivity index (χ0v) is 19.6. The van der Waals surface area contributed by atoms with Gasteiger partial charge in [-0.25, -0.2) is 0 Å². The molecule has 164 valence electrons. The van der Waals surface area contributed by atoms with Gasteiger partial charge in [0.15, 0.2) is 0 Å². The molecule has 0 unspecified atom stereocenters. The van der Waals surface area contributed by atoms with Crippen molar-refractivity contribution in [3.8, 4) is 0 Å². The lowest BCUT2D eigenvalue weighted by Crippen LogP contribution is -2.38. The summed E-state index contributed by atoms with van der Waals surface area (Å²) >= 11 is 0. The van der Waals surface area contributed by atoms with Gasteiger partial charge < -0.3 is 14.9 Å². The molecule has 0 saturated carbocycles. The van der Waals surface area contributed by atoms with Gasteiger partial charge in [0.05, 0.1) is 5.92 Å². The van der Waals surface area contributed by atoms with Crippen molar-refractivity contribution >= 4 is 11.5 Å². The number of rotatable bonds is 5. The van der Waals surface area contributed by atoms with Crippen molar-refractivity contribution in [1.29, 1.82) is 0 Å². The average Bonchev–Trinajstić information content (AvgIpc) is 2.70. The number of piperidine rings is 1. The molecule has 1 aliphatic heterocycles. The number of fused-ring (bicyclic) bond motifs is 1. The summed E-state index contributed by atoms with van der Waals surface area (Å²) in [4.78, 5) is 15.5. The minimum Gasteiger partial charge on any atom is -0.481 e. The molecule has 1 fully saturated rings. The van der Waals surface area contributed by atoms with Gasteiger partial charge in [0.2, 0.25) is 0 Å². The highest BCUT2D eigenvalue weighted by Crippen LogP contribution is 2.46. The lowest BCUT2D eigenvalue weighted by atomic mass is 9.63. The molecular weight excluding hydrogens is 372 g/mol. The number of allylic oxidation sites excluding steroid dienone is 1. The fraction of sp³-hybridized carbons (Fsp3) is 0.577. The van der Waals surface area contributed by atoms with E-state index in [9.17, 15) is 9.90 Å². The van der Waals surface area contributed by atoms with Crippen molar-refractivity contribution in [2.24, 2.45) is 5.92 Å². The standard InChI is InChI=1S/C26H38N2O2/c1-18(17-27(7)19(2)28-14-10-20(11-15-28)24(29)30)21-8-9-22-23(16-21)26(5,6)13-12-25(22,3)4/h8-9,16-17,20H,2,10-15H2,1,3-7H3,(H,29,30)/b18-17+. The molecule has 1 aromatic carbocycles. The maximum absolute atomic E-state index is 11.2. The van der Waals surface area contributed by atoms with Gasteiger partial charge in [0, 0.05) is 26.3 Å². The molecule has 3 rings (SSSR count). The van der Waals surface area contributed by atoms with Crippen LogP contribution < -0.4 is 0 Å². The van der Waals surface area contributed by atoms with E-state index in [-0.39, 0.29) is 16.7 Å². The van der Waals surface area contributed by atoms with Gasteiger partial charge in [-0.05, 0) is 65.7 Å². The Morgan fingerprint density at radius 3 is 2.27 bits per heavy atom. The lowest BCUT2D eigenvalue weighted by Gasteiger charge is -2.42. The fourth-order valence-electron chi connectivity index (χ4n) is 4.88. The zero-order valence-electron chi connectivity index (χ0n) is 19.6. The third-order valence-electron chi connectivity index (χ3n) is 7.31. The van der Waals surface area contributed by atoms with Gasteiger partial charge >= 0.3 is 5.97 Å². The predicted molar refractivity (Wildman–Crippen MR) is 124 cm³/mol. The van der Waals surface area contributed by atoms with Crippen molar-refractivity contribution in [2.75, 3.05) is 20.1 Å². The normalized spacial score (nSPS) is 21.1. The summed E-state index contributed by atoms with van der Waals surface area (Å²) in [6.07, 6.45) is 5.94. The van der Waals surface area contributed by atoms with Gasteiger partial charge in [-0.2, -0.15) is 0 Å². The first-order chi connectivity index (χ1) is 13.9. The van der Waals surface area contributed by atoms with E-state index >= 15 is 0 Å². The van der Waals surface area contributed by atoms with Crippen LogP contribution in [-0.2, 0) is 15.6 Å². The van der Waals surface area contributed by atoms with E-state index in [4.69, 9.17) is 0 Å². The molecule has 0 bridgehead atoms. The van der Waals surface area contributed by atoms with E-state index < -0.39 is 5.97 Å². The quantitative estimate of drug-likeness (QED) is 0.686. The second-order valence-electron chi connectivity index (χ2n) is 10.5. The minimum absolute atomic E-state index is 0.200. The van der Waals surface area contributed by atoms with Crippen LogP contribution in [0.2, 0.25) is 0 Å². The Balaban J connectivity index is 1.77. The molecule has 0 atom stereocenters. The second kappa shape index (κ2) is 8.13. The Morgan fingerprint density at radius 1 is 1.13 bits per heavy atom. The van der Waals surface area contributed by atoms with Crippen LogP contribution in [0.3, 0.4) is 0 Å². The number of hydrogen-bond donors (Lipinski definition) is 1. The summed E-state index contributed by atoms with van der Waals surface area (Å²) in [6.45, 7) is 17.3. The number of benzene rings is 1. The number of likely N-dealkylation sites (tertiary alicyclic amines) is 1. The van der Waals surface area contributed by atoms with E-state index in [2.05, 4.69) is 75.4 Å². The summed E-state index contributed by atoms with van der Waals surface area (Å²) in [5, 5.41) is 9.21. The molecule has 4 heteroatoms. The fourth-order valence-corrected chi connectivity index (χ4v) is 4.88.